The third-order valence-corrected chi connectivity index (χ3v) is 4.20. The number of nitrogens with zero attached hydrogens (tertiary/aromatic N) is 1. The molecule has 3 N–H and O–H groups in total. The zero-order valence-corrected chi connectivity index (χ0v) is 13.1. The number of nitrogens with one attached hydrogen (secondary N) is 1. The standard InChI is InChI=1S/C16H24ClN3O/c17-15-5-3-13(4-6-15)10-19-16(21)12-20-9-1-2-14(11-20)7-8-18/h3-6,14H,1-2,7-12,18H2,(H,19,21). The minimum absolute atomic E-state index is 0.0818. The van der Waals surface area contributed by atoms with Crippen molar-refractivity contribution in [3.63, 3.8) is 0 Å². The van der Waals surface area contributed by atoms with Crippen LogP contribution in [0.3, 0.4) is 0 Å². The van der Waals surface area contributed by atoms with Gasteiger partial charge in [0.2, 0.25) is 5.91 Å². The van der Waals surface area contributed by atoms with Crippen LogP contribution in [-0.2, 0) is 11.3 Å². The molecule has 2 rings (SSSR count). The van der Waals surface area contributed by atoms with Gasteiger partial charge in [0, 0.05) is 18.1 Å². The highest BCUT2D eigenvalue weighted by Crippen LogP contribution is 2.18. The fourth-order valence-corrected chi connectivity index (χ4v) is 2.95. The highest BCUT2D eigenvalue weighted by molar-refractivity contribution is 6.30. The van der Waals surface area contributed by atoms with Gasteiger partial charge in [-0.3, -0.25) is 9.69 Å². The number of amides is 1. The van der Waals surface area contributed by atoms with Gasteiger partial charge in [-0.2, -0.15) is 0 Å². The monoisotopic (exact) mass is 309 g/mol. The van der Waals surface area contributed by atoms with Gasteiger partial charge in [0.05, 0.1) is 6.54 Å². The molecule has 5 heteroatoms. The van der Waals surface area contributed by atoms with E-state index in [1.807, 2.05) is 24.3 Å². The van der Waals surface area contributed by atoms with E-state index in [0.29, 0.717) is 24.0 Å². The Kier molecular flexibility index (Phi) is 6.49. The average molecular weight is 310 g/mol. The first-order valence-corrected chi connectivity index (χ1v) is 7.98. The van der Waals surface area contributed by atoms with Crippen LogP contribution in [0.1, 0.15) is 24.8 Å². The van der Waals surface area contributed by atoms with Gasteiger partial charge in [-0.15, -0.1) is 0 Å². The van der Waals surface area contributed by atoms with E-state index < -0.39 is 0 Å². The summed E-state index contributed by atoms with van der Waals surface area (Å²) in [6.07, 6.45) is 3.46. The summed E-state index contributed by atoms with van der Waals surface area (Å²) in [6.45, 7) is 3.77. The highest BCUT2D eigenvalue weighted by Gasteiger charge is 2.20. The summed E-state index contributed by atoms with van der Waals surface area (Å²) in [6, 6.07) is 7.54. The van der Waals surface area contributed by atoms with Crippen LogP contribution in [0.15, 0.2) is 24.3 Å². The molecule has 21 heavy (non-hydrogen) atoms. The molecule has 0 bridgehead atoms. The third-order valence-electron chi connectivity index (χ3n) is 3.95. The second kappa shape index (κ2) is 8.37. The molecule has 1 fully saturated rings. The normalized spacial score (nSPS) is 19.4. The summed E-state index contributed by atoms with van der Waals surface area (Å²) in [5.41, 5.74) is 6.68. The molecule has 1 amide bonds. The first-order valence-electron chi connectivity index (χ1n) is 7.61. The predicted octanol–water partition coefficient (Wildman–Crippen LogP) is 2.02. The van der Waals surface area contributed by atoms with Gasteiger partial charge in [0.25, 0.3) is 0 Å². The van der Waals surface area contributed by atoms with Gasteiger partial charge in [0.1, 0.15) is 0 Å². The molecular formula is C16H24ClN3O. The fourth-order valence-electron chi connectivity index (χ4n) is 2.83. The van der Waals surface area contributed by atoms with E-state index in [9.17, 15) is 4.79 Å². The van der Waals surface area contributed by atoms with E-state index in [0.717, 1.165) is 38.0 Å². The van der Waals surface area contributed by atoms with Crippen molar-refractivity contribution in [2.45, 2.75) is 25.8 Å². The van der Waals surface area contributed by atoms with E-state index in [1.54, 1.807) is 0 Å². The van der Waals surface area contributed by atoms with E-state index in [4.69, 9.17) is 17.3 Å². The first kappa shape index (κ1) is 16.3. The number of carbonyl (C=O) groups excluding carboxylic acids is 1. The molecule has 0 saturated carbocycles. The van der Waals surface area contributed by atoms with Crippen molar-refractivity contribution in [1.29, 1.82) is 0 Å². The second-order valence-electron chi connectivity index (χ2n) is 5.72. The smallest absolute Gasteiger partial charge is 0.234 e. The molecule has 4 nitrogen and oxygen atoms in total. The number of halogens is 1. The molecule has 1 aromatic carbocycles. The molecule has 1 unspecified atom stereocenters. The highest BCUT2D eigenvalue weighted by atomic mass is 35.5. The molecule has 1 atom stereocenters. The molecule has 116 valence electrons. The number of hydrogen-bond donors (Lipinski definition) is 2. The number of carbonyl (C=O) groups is 1. The Hall–Kier alpha value is -1.10. The summed E-state index contributed by atoms with van der Waals surface area (Å²) in [7, 11) is 0. The van der Waals surface area contributed by atoms with Gasteiger partial charge in [-0.1, -0.05) is 23.7 Å². The zero-order valence-electron chi connectivity index (χ0n) is 12.4. The quantitative estimate of drug-likeness (QED) is 0.845. The Bertz CT molecular complexity index is 447. The Labute approximate surface area is 131 Å². The van der Waals surface area contributed by atoms with Crippen LogP contribution >= 0.6 is 11.6 Å². The molecule has 0 radical (unpaired) electrons. The lowest BCUT2D eigenvalue weighted by molar-refractivity contribution is -0.122. The van der Waals surface area contributed by atoms with Crippen LogP contribution < -0.4 is 11.1 Å². The van der Waals surface area contributed by atoms with Crippen LogP contribution in [0.4, 0.5) is 0 Å². The topological polar surface area (TPSA) is 58.4 Å². The molecule has 1 aliphatic heterocycles. The molecular weight excluding hydrogens is 286 g/mol. The van der Waals surface area contributed by atoms with Gasteiger partial charge in [0.15, 0.2) is 0 Å². The molecule has 1 aromatic rings. The lowest BCUT2D eigenvalue weighted by atomic mass is 9.95. The van der Waals surface area contributed by atoms with Gasteiger partial charge >= 0.3 is 0 Å². The summed E-state index contributed by atoms with van der Waals surface area (Å²) in [5, 5.41) is 3.68. The molecule has 0 spiro atoms. The predicted molar refractivity (Wildman–Crippen MR) is 86.1 cm³/mol. The molecule has 1 saturated heterocycles. The van der Waals surface area contributed by atoms with Crippen molar-refractivity contribution >= 4 is 17.5 Å². The van der Waals surface area contributed by atoms with E-state index in [-0.39, 0.29) is 5.91 Å². The maximum Gasteiger partial charge on any atom is 0.234 e. The van der Waals surface area contributed by atoms with Crippen molar-refractivity contribution in [2.75, 3.05) is 26.2 Å². The van der Waals surface area contributed by atoms with Crippen LogP contribution in [0.25, 0.3) is 0 Å². The maximum absolute atomic E-state index is 12.0. The number of likely N-dealkylation sites (tertiary alicyclic amines) is 1. The number of rotatable bonds is 6. The number of benzene rings is 1. The van der Waals surface area contributed by atoms with Crippen LogP contribution in [0.2, 0.25) is 5.02 Å². The van der Waals surface area contributed by atoms with Crippen molar-refractivity contribution < 1.29 is 4.79 Å². The van der Waals surface area contributed by atoms with E-state index in [1.165, 1.54) is 6.42 Å². The summed E-state index contributed by atoms with van der Waals surface area (Å²) >= 11 is 5.84. The fraction of sp³-hybridized carbons (Fsp3) is 0.562. The third kappa shape index (κ3) is 5.65. The van der Waals surface area contributed by atoms with Crippen molar-refractivity contribution in [1.82, 2.24) is 10.2 Å². The van der Waals surface area contributed by atoms with Crippen LogP contribution in [-0.4, -0.2) is 37.0 Å². The van der Waals surface area contributed by atoms with Crippen LogP contribution in [0.5, 0.6) is 0 Å². The van der Waals surface area contributed by atoms with E-state index in [2.05, 4.69) is 10.2 Å². The van der Waals surface area contributed by atoms with Gasteiger partial charge < -0.3 is 11.1 Å². The summed E-state index contributed by atoms with van der Waals surface area (Å²) in [4.78, 5) is 14.2. The minimum Gasteiger partial charge on any atom is -0.351 e. The Balaban J connectivity index is 1.72. The van der Waals surface area contributed by atoms with Crippen molar-refractivity contribution in [3.05, 3.63) is 34.9 Å². The van der Waals surface area contributed by atoms with Crippen LogP contribution in [0, 0.1) is 5.92 Å². The lowest BCUT2D eigenvalue weighted by Gasteiger charge is -2.32. The number of piperidine rings is 1. The second-order valence-corrected chi connectivity index (χ2v) is 6.16. The lowest BCUT2D eigenvalue weighted by Crippen LogP contribution is -2.42. The SMILES string of the molecule is NCCC1CCCN(CC(=O)NCc2ccc(Cl)cc2)C1. The van der Waals surface area contributed by atoms with Crippen molar-refractivity contribution in [2.24, 2.45) is 11.7 Å². The van der Waals surface area contributed by atoms with Crippen molar-refractivity contribution in [3.8, 4) is 0 Å². The molecule has 1 aliphatic rings. The Morgan fingerprint density at radius 1 is 1.38 bits per heavy atom. The Morgan fingerprint density at radius 3 is 2.86 bits per heavy atom. The number of nitrogens with two attached hydrogens (primary N) is 1. The molecule has 1 heterocycles. The summed E-state index contributed by atoms with van der Waals surface area (Å²) in [5.74, 6) is 0.728. The summed E-state index contributed by atoms with van der Waals surface area (Å²) < 4.78 is 0. The largest absolute Gasteiger partial charge is 0.351 e. The number of hydrogen-bond acceptors (Lipinski definition) is 3. The zero-order chi connectivity index (χ0) is 15.1. The Morgan fingerprint density at radius 2 is 2.14 bits per heavy atom. The van der Waals surface area contributed by atoms with E-state index >= 15 is 0 Å². The average Bonchev–Trinajstić information content (AvgIpc) is 2.47. The minimum atomic E-state index is 0.0818. The first-order chi connectivity index (χ1) is 10.2. The molecule has 0 aliphatic carbocycles. The maximum atomic E-state index is 12.0. The molecule has 0 aromatic heterocycles. The van der Waals surface area contributed by atoms with Gasteiger partial charge in [-0.25, -0.2) is 0 Å². The van der Waals surface area contributed by atoms with Gasteiger partial charge in [-0.05, 0) is 56.0 Å².